The van der Waals surface area contributed by atoms with Gasteiger partial charge in [0.25, 0.3) is 0 Å². The number of phenolic OH excluding ortho intramolecular Hbond substituents is 1. The summed E-state index contributed by atoms with van der Waals surface area (Å²) in [6.07, 6.45) is 7.53. The molecule has 2 saturated heterocycles. The highest BCUT2D eigenvalue weighted by molar-refractivity contribution is 5.82. The van der Waals surface area contributed by atoms with Crippen LogP contribution in [0.5, 0.6) is 5.75 Å². The van der Waals surface area contributed by atoms with Crippen LogP contribution in [0.3, 0.4) is 0 Å². The molecule has 1 aliphatic carbocycles. The van der Waals surface area contributed by atoms with Gasteiger partial charge >= 0.3 is 0 Å². The second-order valence-electron chi connectivity index (χ2n) is 7.91. The highest BCUT2D eigenvalue weighted by atomic mass is 19.1. The highest BCUT2D eigenvalue weighted by Gasteiger charge is 2.33. The molecule has 4 rings (SSSR count). The Kier molecular flexibility index (Phi) is 7.07. The van der Waals surface area contributed by atoms with E-state index < -0.39 is 0 Å². The molecule has 2 heterocycles. The Morgan fingerprint density at radius 2 is 1.70 bits per heavy atom. The maximum absolute atomic E-state index is 12.6. The predicted molar refractivity (Wildman–Crippen MR) is 104 cm³/mol. The van der Waals surface area contributed by atoms with Crippen LogP contribution in [0, 0.1) is 5.82 Å². The summed E-state index contributed by atoms with van der Waals surface area (Å²) in [5, 5.41) is 8.59. The summed E-state index contributed by atoms with van der Waals surface area (Å²) in [6.45, 7) is 5.27. The molecule has 1 N–H and O–H groups in total. The van der Waals surface area contributed by atoms with E-state index >= 15 is 0 Å². The quantitative estimate of drug-likeness (QED) is 0.861. The molecule has 3 fully saturated rings. The molecule has 0 bridgehead atoms. The summed E-state index contributed by atoms with van der Waals surface area (Å²) in [4.78, 5) is 19.6. The average Bonchev–Trinajstić information content (AvgIpc) is 2.90. The van der Waals surface area contributed by atoms with Crippen molar-refractivity contribution in [3.05, 3.63) is 30.1 Å². The SMILES string of the molecule is CN1CCC[C@@H]1C(=O)N1CCCN(C2CCC2)CC1.Oc1ccc(F)cc1. The molecule has 1 saturated carbocycles. The Hall–Kier alpha value is -1.66. The van der Waals surface area contributed by atoms with Gasteiger partial charge in [-0.05, 0) is 70.0 Å². The third-order valence-electron chi connectivity index (χ3n) is 6.07. The number of carbonyl (C=O) groups excluding carboxylic acids is 1. The molecule has 6 heteroatoms. The van der Waals surface area contributed by atoms with Crippen LogP contribution in [0.25, 0.3) is 0 Å². The first kappa shape index (κ1) is 20.1. The third kappa shape index (κ3) is 5.42. The van der Waals surface area contributed by atoms with E-state index in [4.69, 9.17) is 5.11 Å². The molecule has 0 spiro atoms. The fourth-order valence-electron chi connectivity index (χ4n) is 4.15. The van der Waals surface area contributed by atoms with Crippen LogP contribution in [0.2, 0.25) is 0 Å². The Bertz CT molecular complexity index is 585. The van der Waals surface area contributed by atoms with Gasteiger partial charge in [0.1, 0.15) is 11.6 Å². The summed E-state index contributed by atoms with van der Waals surface area (Å²) in [5.41, 5.74) is 0. The monoisotopic (exact) mass is 377 g/mol. The normalized spacial score (nSPS) is 24.7. The lowest BCUT2D eigenvalue weighted by Gasteiger charge is -2.36. The van der Waals surface area contributed by atoms with Crippen molar-refractivity contribution >= 4 is 5.91 Å². The molecular formula is C21H32FN3O2. The van der Waals surface area contributed by atoms with Gasteiger partial charge in [0.2, 0.25) is 5.91 Å². The third-order valence-corrected chi connectivity index (χ3v) is 6.07. The average molecular weight is 378 g/mol. The van der Waals surface area contributed by atoms with E-state index in [0.29, 0.717) is 5.91 Å². The first-order valence-electron chi connectivity index (χ1n) is 10.2. The zero-order chi connectivity index (χ0) is 19.2. The Morgan fingerprint density at radius 3 is 2.26 bits per heavy atom. The van der Waals surface area contributed by atoms with E-state index in [1.807, 2.05) is 0 Å². The lowest BCUT2D eigenvalue weighted by Crippen LogP contribution is -2.46. The second kappa shape index (κ2) is 9.51. The van der Waals surface area contributed by atoms with Gasteiger partial charge in [-0.25, -0.2) is 4.39 Å². The van der Waals surface area contributed by atoms with E-state index in [0.717, 1.165) is 45.1 Å². The largest absolute Gasteiger partial charge is 0.508 e. The molecule has 3 aliphatic rings. The van der Waals surface area contributed by atoms with Crippen molar-refractivity contribution in [1.82, 2.24) is 14.7 Å². The minimum Gasteiger partial charge on any atom is -0.508 e. The zero-order valence-corrected chi connectivity index (χ0v) is 16.3. The highest BCUT2D eigenvalue weighted by Crippen LogP contribution is 2.26. The first-order valence-corrected chi connectivity index (χ1v) is 10.2. The maximum Gasteiger partial charge on any atom is 0.239 e. The Labute approximate surface area is 161 Å². The van der Waals surface area contributed by atoms with Crippen molar-refractivity contribution in [2.24, 2.45) is 0 Å². The number of benzene rings is 1. The van der Waals surface area contributed by atoms with Crippen molar-refractivity contribution in [1.29, 1.82) is 0 Å². The Balaban J connectivity index is 0.000000221. The van der Waals surface area contributed by atoms with Crippen molar-refractivity contribution in [2.75, 3.05) is 39.8 Å². The number of aromatic hydroxyl groups is 1. The fraction of sp³-hybridized carbons (Fsp3) is 0.667. The number of carbonyl (C=O) groups is 1. The molecule has 1 amide bonds. The van der Waals surface area contributed by atoms with Crippen molar-refractivity contribution in [3.8, 4) is 5.75 Å². The number of likely N-dealkylation sites (N-methyl/N-ethyl adjacent to an activating group) is 1. The number of hydrogen-bond acceptors (Lipinski definition) is 4. The van der Waals surface area contributed by atoms with Gasteiger partial charge in [-0.1, -0.05) is 6.42 Å². The van der Waals surface area contributed by atoms with E-state index in [1.165, 1.54) is 56.5 Å². The van der Waals surface area contributed by atoms with Gasteiger partial charge < -0.3 is 10.0 Å². The van der Waals surface area contributed by atoms with E-state index in [1.54, 1.807) is 0 Å². The van der Waals surface area contributed by atoms with E-state index in [2.05, 4.69) is 21.7 Å². The van der Waals surface area contributed by atoms with E-state index in [-0.39, 0.29) is 17.6 Å². The summed E-state index contributed by atoms with van der Waals surface area (Å²) in [7, 11) is 2.09. The molecule has 1 atom stereocenters. The Morgan fingerprint density at radius 1 is 0.963 bits per heavy atom. The van der Waals surface area contributed by atoms with Crippen LogP contribution in [0.1, 0.15) is 38.5 Å². The predicted octanol–water partition coefficient (Wildman–Crippen LogP) is 2.70. The fourth-order valence-corrected chi connectivity index (χ4v) is 4.15. The van der Waals surface area contributed by atoms with Crippen LogP contribution in [0.15, 0.2) is 24.3 Å². The van der Waals surface area contributed by atoms with Gasteiger partial charge in [0, 0.05) is 32.2 Å². The molecule has 0 radical (unpaired) electrons. The van der Waals surface area contributed by atoms with Crippen molar-refractivity contribution < 1.29 is 14.3 Å². The molecule has 27 heavy (non-hydrogen) atoms. The smallest absolute Gasteiger partial charge is 0.239 e. The summed E-state index contributed by atoms with van der Waals surface area (Å²) in [5.74, 6) is 0.143. The molecule has 1 aromatic carbocycles. The molecule has 0 aromatic heterocycles. The molecule has 0 unspecified atom stereocenters. The van der Waals surface area contributed by atoms with E-state index in [9.17, 15) is 9.18 Å². The minimum atomic E-state index is -0.331. The van der Waals surface area contributed by atoms with Crippen molar-refractivity contribution in [2.45, 2.75) is 50.6 Å². The number of halogens is 1. The van der Waals surface area contributed by atoms with Crippen LogP contribution in [0.4, 0.5) is 4.39 Å². The maximum atomic E-state index is 12.6. The standard InChI is InChI=1S/C15H27N3O.C6H5FO/c1-16-8-3-7-14(16)15(19)18-10-4-9-17(11-12-18)13-5-2-6-13;7-5-1-3-6(8)4-2-5/h13-14H,2-12H2,1H3;1-4,8H/t14-;/m1./s1. The lowest BCUT2D eigenvalue weighted by atomic mass is 9.91. The summed E-state index contributed by atoms with van der Waals surface area (Å²) < 4.78 is 12.0. The number of rotatable bonds is 2. The lowest BCUT2D eigenvalue weighted by molar-refractivity contribution is -0.135. The van der Waals surface area contributed by atoms with Gasteiger partial charge in [-0.2, -0.15) is 0 Å². The number of amides is 1. The topological polar surface area (TPSA) is 47.0 Å². The summed E-state index contributed by atoms with van der Waals surface area (Å²) >= 11 is 0. The number of likely N-dealkylation sites (tertiary alicyclic amines) is 1. The molecule has 5 nitrogen and oxygen atoms in total. The van der Waals surface area contributed by atoms with Crippen molar-refractivity contribution in [3.63, 3.8) is 0 Å². The van der Waals surface area contributed by atoms with Gasteiger partial charge in [0.15, 0.2) is 0 Å². The van der Waals surface area contributed by atoms with Crippen LogP contribution in [-0.2, 0) is 4.79 Å². The minimum absolute atomic E-state index is 0.0893. The van der Waals surface area contributed by atoms with Gasteiger partial charge in [0.05, 0.1) is 6.04 Å². The number of phenols is 1. The van der Waals surface area contributed by atoms with Gasteiger partial charge in [-0.3, -0.25) is 14.6 Å². The van der Waals surface area contributed by atoms with Crippen LogP contribution < -0.4 is 0 Å². The van der Waals surface area contributed by atoms with Crippen LogP contribution >= 0.6 is 0 Å². The molecular weight excluding hydrogens is 345 g/mol. The molecule has 2 aliphatic heterocycles. The number of nitrogens with zero attached hydrogens (tertiary/aromatic N) is 3. The molecule has 150 valence electrons. The summed E-state index contributed by atoms with van der Waals surface area (Å²) in [6, 6.07) is 5.99. The van der Waals surface area contributed by atoms with Crippen LogP contribution in [-0.4, -0.2) is 77.6 Å². The zero-order valence-electron chi connectivity index (χ0n) is 16.3. The second-order valence-corrected chi connectivity index (χ2v) is 7.91. The molecule has 1 aromatic rings. The number of hydrogen-bond donors (Lipinski definition) is 1. The first-order chi connectivity index (χ1) is 13.0. The van der Waals surface area contributed by atoms with Gasteiger partial charge in [-0.15, -0.1) is 0 Å².